The van der Waals surface area contributed by atoms with E-state index in [0.29, 0.717) is 17.9 Å². The number of unbranched alkanes of at least 4 members (excludes halogenated alkanes) is 1. The summed E-state index contributed by atoms with van der Waals surface area (Å²) >= 11 is 0. The van der Waals surface area contributed by atoms with Gasteiger partial charge in [0.15, 0.2) is 0 Å². The summed E-state index contributed by atoms with van der Waals surface area (Å²) < 4.78 is 18.0. The second-order valence-electron chi connectivity index (χ2n) is 3.04. The van der Waals surface area contributed by atoms with Gasteiger partial charge in [-0.3, -0.25) is 0 Å². The Bertz CT molecular complexity index is 379. The first kappa shape index (κ1) is 11.5. The Morgan fingerprint density at radius 3 is 2.93 bits per heavy atom. The Morgan fingerprint density at radius 2 is 2.27 bits per heavy atom. The number of methoxy groups -OCH3 is 1. The lowest BCUT2D eigenvalue weighted by molar-refractivity contribution is 0.412. The number of benzene rings is 1. The first-order valence-electron chi connectivity index (χ1n) is 4.80. The predicted molar refractivity (Wildman–Crippen MR) is 58.1 cm³/mol. The second kappa shape index (κ2) is 6.05. The normalized spacial score (nSPS) is 9.27. The SMILES string of the molecule is COc1ccc(F)cc1C#CCCCN. The Kier molecular flexibility index (Phi) is 4.65. The van der Waals surface area contributed by atoms with Crippen LogP contribution in [0.15, 0.2) is 18.2 Å². The molecule has 0 saturated heterocycles. The van der Waals surface area contributed by atoms with Crippen LogP contribution in [0.4, 0.5) is 4.39 Å². The van der Waals surface area contributed by atoms with Crippen molar-refractivity contribution in [3.63, 3.8) is 0 Å². The van der Waals surface area contributed by atoms with Crippen LogP contribution in [0.2, 0.25) is 0 Å². The molecule has 1 aromatic carbocycles. The van der Waals surface area contributed by atoms with Gasteiger partial charge in [-0.25, -0.2) is 4.39 Å². The highest BCUT2D eigenvalue weighted by Gasteiger charge is 2.00. The summed E-state index contributed by atoms with van der Waals surface area (Å²) in [5, 5.41) is 0. The minimum absolute atomic E-state index is 0.307. The molecule has 0 aromatic heterocycles. The molecule has 1 rings (SSSR count). The molecular formula is C12H14FNO. The zero-order valence-corrected chi connectivity index (χ0v) is 8.72. The highest BCUT2D eigenvalue weighted by Crippen LogP contribution is 2.17. The van der Waals surface area contributed by atoms with Gasteiger partial charge in [0.25, 0.3) is 0 Å². The minimum Gasteiger partial charge on any atom is -0.495 e. The van der Waals surface area contributed by atoms with Crippen molar-refractivity contribution in [1.82, 2.24) is 0 Å². The van der Waals surface area contributed by atoms with Gasteiger partial charge in [0.05, 0.1) is 12.7 Å². The molecular weight excluding hydrogens is 193 g/mol. The Labute approximate surface area is 89.2 Å². The lowest BCUT2D eigenvalue weighted by atomic mass is 10.2. The summed E-state index contributed by atoms with van der Waals surface area (Å²) in [6.07, 6.45) is 1.57. The van der Waals surface area contributed by atoms with Crippen molar-refractivity contribution in [2.75, 3.05) is 13.7 Å². The summed E-state index contributed by atoms with van der Waals surface area (Å²) in [6, 6.07) is 4.29. The molecule has 0 atom stereocenters. The van der Waals surface area contributed by atoms with Gasteiger partial charge in [-0.2, -0.15) is 0 Å². The van der Waals surface area contributed by atoms with Crippen molar-refractivity contribution >= 4 is 0 Å². The van der Waals surface area contributed by atoms with Crippen molar-refractivity contribution in [2.24, 2.45) is 5.73 Å². The van der Waals surface area contributed by atoms with Gasteiger partial charge >= 0.3 is 0 Å². The molecule has 15 heavy (non-hydrogen) atoms. The first-order chi connectivity index (χ1) is 7.27. The lowest BCUT2D eigenvalue weighted by Crippen LogP contribution is -1.96. The maximum atomic E-state index is 12.9. The molecule has 0 saturated carbocycles. The van der Waals surface area contributed by atoms with E-state index in [-0.39, 0.29) is 5.82 Å². The van der Waals surface area contributed by atoms with Crippen LogP contribution >= 0.6 is 0 Å². The van der Waals surface area contributed by atoms with Crippen LogP contribution in [-0.2, 0) is 0 Å². The number of hydrogen-bond acceptors (Lipinski definition) is 2. The van der Waals surface area contributed by atoms with E-state index in [1.54, 1.807) is 6.07 Å². The molecule has 0 aliphatic carbocycles. The number of hydrogen-bond donors (Lipinski definition) is 1. The largest absolute Gasteiger partial charge is 0.495 e. The maximum Gasteiger partial charge on any atom is 0.134 e. The van der Waals surface area contributed by atoms with Crippen LogP contribution < -0.4 is 10.5 Å². The highest BCUT2D eigenvalue weighted by molar-refractivity contribution is 5.46. The number of rotatable bonds is 3. The van der Waals surface area contributed by atoms with Crippen molar-refractivity contribution in [3.05, 3.63) is 29.6 Å². The Hall–Kier alpha value is -1.53. The molecule has 0 unspecified atom stereocenters. The molecule has 0 fully saturated rings. The summed E-state index contributed by atoms with van der Waals surface area (Å²) in [4.78, 5) is 0. The van der Waals surface area contributed by atoms with E-state index in [0.717, 1.165) is 12.8 Å². The molecule has 0 spiro atoms. The molecule has 0 heterocycles. The zero-order chi connectivity index (χ0) is 11.1. The average Bonchev–Trinajstić information content (AvgIpc) is 2.25. The Balaban J connectivity index is 2.80. The zero-order valence-electron chi connectivity index (χ0n) is 8.72. The van der Waals surface area contributed by atoms with E-state index in [4.69, 9.17) is 10.5 Å². The number of ether oxygens (including phenoxy) is 1. The van der Waals surface area contributed by atoms with Crippen LogP contribution in [0, 0.1) is 17.7 Å². The lowest BCUT2D eigenvalue weighted by Gasteiger charge is -2.01. The van der Waals surface area contributed by atoms with E-state index in [1.807, 2.05) is 0 Å². The highest BCUT2D eigenvalue weighted by atomic mass is 19.1. The van der Waals surface area contributed by atoms with E-state index in [9.17, 15) is 4.39 Å². The summed E-state index contributed by atoms with van der Waals surface area (Å²) in [5.41, 5.74) is 5.91. The van der Waals surface area contributed by atoms with Crippen LogP contribution in [-0.4, -0.2) is 13.7 Å². The molecule has 0 aliphatic rings. The second-order valence-corrected chi connectivity index (χ2v) is 3.04. The van der Waals surface area contributed by atoms with Gasteiger partial charge in [0, 0.05) is 6.42 Å². The smallest absolute Gasteiger partial charge is 0.134 e. The van der Waals surface area contributed by atoms with Gasteiger partial charge < -0.3 is 10.5 Å². The van der Waals surface area contributed by atoms with Gasteiger partial charge in [0.1, 0.15) is 11.6 Å². The third-order valence-electron chi connectivity index (χ3n) is 1.89. The van der Waals surface area contributed by atoms with Gasteiger partial charge in [-0.15, -0.1) is 0 Å². The topological polar surface area (TPSA) is 35.2 Å². The van der Waals surface area contributed by atoms with E-state index in [2.05, 4.69) is 11.8 Å². The third kappa shape index (κ3) is 3.61. The number of nitrogens with two attached hydrogens (primary N) is 1. The molecule has 1 aromatic rings. The predicted octanol–water partition coefficient (Wildman–Crippen LogP) is 1.92. The number of halogens is 1. The fourth-order valence-electron chi connectivity index (χ4n) is 1.13. The van der Waals surface area contributed by atoms with Crippen LogP contribution in [0.5, 0.6) is 5.75 Å². The maximum absolute atomic E-state index is 12.9. The summed E-state index contributed by atoms with van der Waals surface area (Å²) in [5.74, 6) is 6.08. The molecule has 0 amide bonds. The van der Waals surface area contributed by atoms with Crippen LogP contribution in [0.1, 0.15) is 18.4 Å². The minimum atomic E-state index is -0.307. The molecule has 0 bridgehead atoms. The Morgan fingerprint density at radius 1 is 1.47 bits per heavy atom. The standard InChI is InChI=1S/C12H14FNO/c1-15-12-7-6-11(13)9-10(12)5-3-2-4-8-14/h6-7,9H,2,4,8,14H2,1H3. The van der Waals surface area contributed by atoms with E-state index in [1.165, 1.54) is 19.2 Å². The van der Waals surface area contributed by atoms with Gasteiger partial charge in [-0.05, 0) is 31.2 Å². The monoisotopic (exact) mass is 207 g/mol. The van der Waals surface area contributed by atoms with Gasteiger partial charge in [-0.1, -0.05) is 11.8 Å². The van der Waals surface area contributed by atoms with Crippen molar-refractivity contribution < 1.29 is 9.13 Å². The molecule has 80 valence electrons. The molecule has 2 N–H and O–H groups in total. The van der Waals surface area contributed by atoms with Crippen LogP contribution in [0.3, 0.4) is 0 Å². The molecule has 0 radical (unpaired) electrons. The molecule has 3 heteroatoms. The summed E-state index contributed by atoms with van der Waals surface area (Å²) in [6.45, 7) is 0.620. The summed E-state index contributed by atoms with van der Waals surface area (Å²) in [7, 11) is 1.54. The average molecular weight is 207 g/mol. The van der Waals surface area contributed by atoms with Crippen LogP contribution in [0.25, 0.3) is 0 Å². The van der Waals surface area contributed by atoms with Crippen molar-refractivity contribution in [3.8, 4) is 17.6 Å². The first-order valence-corrected chi connectivity index (χ1v) is 4.80. The fraction of sp³-hybridized carbons (Fsp3) is 0.333. The van der Waals surface area contributed by atoms with Crippen molar-refractivity contribution in [1.29, 1.82) is 0 Å². The fourth-order valence-corrected chi connectivity index (χ4v) is 1.13. The molecule has 0 aliphatic heterocycles. The third-order valence-corrected chi connectivity index (χ3v) is 1.89. The molecule has 2 nitrogen and oxygen atoms in total. The quantitative estimate of drug-likeness (QED) is 0.607. The van der Waals surface area contributed by atoms with Crippen molar-refractivity contribution in [2.45, 2.75) is 12.8 Å². The van der Waals surface area contributed by atoms with Gasteiger partial charge in [0.2, 0.25) is 0 Å². The van der Waals surface area contributed by atoms with E-state index >= 15 is 0 Å². The van der Waals surface area contributed by atoms with E-state index < -0.39 is 0 Å².